The monoisotopic (exact) mass is 228 g/mol. The number of nitrogens with one attached hydrogen (secondary N) is 1. The van der Waals surface area contributed by atoms with E-state index >= 15 is 0 Å². The number of nitrogens with zero attached hydrogens (tertiary/aromatic N) is 1. The highest BCUT2D eigenvalue weighted by Crippen LogP contribution is 1.91. The van der Waals surface area contributed by atoms with Crippen molar-refractivity contribution in [1.29, 1.82) is 0 Å². The fourth-order valence-electron chi connectivity index (χ4n) is 1.09. The third-order valence-corrected chi connectivity index (χ3v) is 1.86. The molecule has 4 heteroatoms. The Bertz CT molecular complexity index is 215. The van der Waals surface area contributed by atoms with Gasteiger partial charge in [-0.3, -0.25) is 4.99 Å². The van der Waals surface area contributed by atoms with E-state index in [9.17, 15) is 0 Å². The summed E-state index contributed by atoms with van der Waals surface area (Å²) in [6, 6.07) is 0. The second-order valence-corrected chi connectivity index (χ2v) is 3.42. The summed E-state index contributed by atoms with van der Waals surface area (Å²) in [6.07, 6.45) is 2.25. The molecule has 1 N–H and O–H groups in total. The minimum absolute atomic E-state index is 0.522. The predicted octanol–water partition coefficient (Wildman–Crippen LogP) is 2.32. The van der Waals surface area contributed by atoms with Gasteiger partial charge in [-0.2, -0.15) is 0 Å². The summed E-state index contributed by atoms with van der Waals surface area (Å²) in [5.74, 6) is 1.34. The van der Waals surface area contributed by atoms with Crippen molar-refractivity contribution in [1.82, 2.24) is 5.32 Å². The molecule has 0 aliphatic carbocycles. The van der Waals surface area contributed by atoms with Gasteiger partial charge < -0.3 is 14.8 Å². The molecule has 0 spiro atoms. The first-order valence-electron chi connectivity index (χ1n) is 5.88. The molecule has 0 aromatic carbocycles. The molecule has 0 saturated heterocycles. The lowest BCUT2D eigenvalue weighted by Crippen LogP contribution is -2.22. The van der Waals surface area contributed by atoms with Crippen LogP contribution in [0.5, 0.6) is 0 Å². The average Bonchev–Trinajstić information content (AvgIpc) is 2.23. The van der Waals surface area contributed by atoms with Gasteiger partial charge in [0.15, 0.2) is 5.88 Å². The second-order valence-electron chi connectivity index (χ2n) is 3.42. The number of aliphatic imine (C=N–C) groups is 1. The van der Waals surface area contributed by atoms with Crippen LogP contribution in [0.15, 0.2) is 17.5 Å². The molecule has 0 unspecified atom stereocenters. The fourth-order valence-corrected chi connectivity index (χ4v) is 1.09. The predicted molar refractivity (Wildman–Crippen MR) is 67.6 cm³/mol. The van der Waals surface area contributed by atoms with Gasteiger partial charge in [0.2, 0.25) is 0 Å². The number of hydrogen-bond acceptors (Lipinski definition) is 3. The molecule has 4 nitrogen and oxygen atoms in total. The summed E-state index contributed by atoms with van der Waals surface area (Å²) in [6.45, 7) is 12.4. The van der Waals surface area contributed by atoms with Crippen molar-refractivity contribution in [3.05, 3.63) is 12.5 Å². The second kappa shape index (κ2) is 10.5. The first kappa shape index (κ1) is 15.0. The van der Waals surface area contributed by atoms with Crippen LogP contribution in [0, 0.1) is 0 Å². The van der Waals surface area contributed by atoms with Crippen LogP contribution in [-0.2, 0) is 9.47 Å². The molecular weight excluding hydrogens is 204 g/mol. The highest BCUT2D eigenvalue weighted by Gasteiger charge is 1.95. The lowest BCUT2D eigenvalue weighted by molar-refractivity contribution is 0.0717. The molecule has 0 amide bonds. The van der Waals surface area contributed by atoms with Crippen molar-refractivity contribution in [3.63, 3.8) is 0 Å². The highest BCUT2D eigenvalue weighted by atomic mass is 16.5. The Hall–Kier alpha value is -1.03. The van der Waals surface area contributed by atoms with E-state index in [-0.39, 0.29) is 0 Å². The van der Waals surface area contributed by atoms with Gasteiger partial charge in [0, 0.05) is 13.2 Å². The van der Waals surface area contributed by atoms with Gasteiger partial charge >= 0.3 is 0 Å². The third-order valence-electron chi connectivity index (χ3n) is 1.86. The SMILES string of the molecule is C=C(NC(C)=NCC)OCCOCCCC. The lowest BCUT2D eigenvalue weighted by Gasteiger charge is -2.11. The van der Waals surface area contributed by atoms with Crippen molar-refractivity contribution in [2.75, 3.05) is 26.4 Å². The summed E-state index contributed by atoms with van der Waals surface area (Å²) in [5, 5.41) is 2.96. The Labute approximate surface area is 98.7 Å². The highest BCUT2D eigenvalue weighted by molar-refractivity contribution is 5.80. The van der Waals surface area contributed by atoms with E-state index < -0.39 is 0 Å². The molecular formula is C12H24N2O2. The maximum Gasteiger partial charge on any atom is 0.184 e. The number of ether oxygens (including phenoxy) is 2. The largest absolute Gasteiger partial charge is 0.477 e. The van der Waals surface area contributed by atoms with Crippen LogP contribution in [0.2, 0.25) is 0 Å². The van der Waals surface area contributed by atoms with Crippen LogP contribution in [0.25, 0.3) is 0 Å². The minimum atomic E-state index is 0.522. The van der Waals surface area contributed by atoms with Gasteiger partial charge in [0.05, 0.1) is 12.4 Å². The van der Waals surface area contributed by atoms with Crippen molar-refractivity contribution in [2.45, 2.75) is 33.6 Å². The third kappa shape index (κ3) is 9.52. The van der Waals surface area contributed by atoms with Crippen LogP contribution in [0.4, 0.5) is 0 Å². The van der Waals surface area contributed by atoms with Crippen LogP contribution in [0.1, 0.15) is 33.6 Å². The molecule has 0 fully saturated rings. The normalized spacial score (nSPS) is 11.3. The first-order chi connectivity index (χ1) is 7.70. The number of hydrogen-bond donors (Lipinski definition) is 1. The van der Waals surface area contributed by atoms with Gasteiger partial charge in [0.25, 0.3) is 0 Å². The van der Waals surface area contributed by atoms with E-state index in [0.29, 0.717) is 19.1 Å². The van der Waals surface area contributed by atoms with E-state index in [4.69, 9.17) is 9.47 Å². The average molecular weight is 228 g/mol. The molecule has 0 saturated carbocycles. The van der Waals surface area contributed by atoms with E-state index in [1.807, 2.05) is 13.8 Å². The molecule has 94 valence electrons. The van der Waals surface area contributed by atoms with E-state index in [1.165, 1.54) is 0 Å². The van der Waals surface area contributed by atoms with Gasteiger partial charge in [0.1, 0.15) is 6.61 Å². The minimum Gasteiger partial charge on any atom is -0.477 e. The maximum absolute atomic E-state index is 5.35. The standard InChI is InChI=1S/C12H24N2O2/c1-5-7-8-15-9-10-16-12(4)14-11(3)13-6-2/h4-10H2,1-3H3,(H,13,14). The van der Waals surface area contributed by atoms with Gasteiger partial charge in [-0.15, -0.1) is 0 Å². The van der Waals surface area contributed by atoms with Crippen molar-refractivity contribution in [3.8, 4) is 0 Å². The Morgan fingerprint density at radius 3 is 2.62 bits per heavy atom. The summed E-state index contributed by atoms with van der Waals surface area (Å²) in [5.41, 5.74) is 0. The molecule has 0 heterocycles. The molecule has 0 aliphatic heterocycles. The number of rotatable bonds is 9. The van der Waals surface area contributed by atoms with Gasteiger partial charge in [-0.25, -0.2) is 0 Å². The zero-order chi connectivity index (χ0) is 12.2. The van der Waals surface area contributed by atoms with E-state index in [2.05, 4.69) is 23.8 Å². The van der Waals surface area contributed by atoms with Crippen LogP contribution in [0.3, 0.4) is 0 Å². The molecule has 0 atom stereocenters. The molecule has 16 heavy (non-hydrogen) atoms. The zero-order valence-corrected chi connectivity index (χ0v) is 10.7. The summed E-state index contributed by atoms with van der Waals surface area (Å²) in [7, 11) is 0. The van der Waals surface area contributed by atoms with Gasteiger partial charge in [-0.1, -0.05) is 13.3 Å². The Morgan fingerprint density at radius 2 is 2.00 bits per heavy atom. The number of amidine groups is 1. The van der Waals surface area contributed by atoms with Crippen LogP contribution < -0.4 is 5.32 Å². The quantitative estimate of drug-likeness (QED) is 0.285. The fraction of sp³-hybridized carbons (Fsp3) is 0.750. The first-order valence-corrected chi connectivity index (χ1v) is 5.88. The number of unbranched alkanes of at least 4 members (excludes halogenated alkanes) is 1. The smallest absolute Gasteiger partial charge is 0.184 e. The molecule has 0 aliphatic rings. The Kier molecular flexibility index (Phi) is 9.81. The van der Waals surface area contributed by atoms with Gasteiger partial charge in [-0.05, 0) is 26.8 Å². The van der Waals surface area contributed by atoms with E-state index in [1.54, 1.807) is 0 Å². The molecule has 0 rings (SSSR count). The molecule has 0 aromatic heterocycles. The van der Waals surface area contributed by atoms with Crippen molar-refractivity contribution < 1.29 is 9.47 Å². The summed E-state index contributed by atoms with van der Waals surface area (Å²) < 4.78 is 10.7. The molecule has 0 bridgehead atoms. The van der Waals surface area contributed by atoms with Crippen LogP contribution >= 0.6 is 0 Å². The van der Waals surface area contributed by atoms with Crippen molar-refractivity contribution in [2.24, 2.45) is 4.99 Å². The van der Waals surface area contributed by atoms with E-state index in [0.717, 1.165) is 31.8 Å². The summed E-state index contributed by atoms with van der Waals surface area (Å²) >= 11 is 0. The molecule has 0 radical (unpaired) electrons. The zero-order valence-electron chi connectivity index (χ0n) is 10.7. The Balaban J connectivity index is 3.40. The Morgan fingerprint density at radius 1 is 1.25 bits per heavy atom. The molecule has 0 aromatic rings. The van der Waals surface area contributed by atoms with Crippen molar-refractivity contribution >= 4 is 5.84 Å². The maximum atomic E-state index is 5.35. The summed E-state index contributed by atoms with van der Waals surface area (Å²) in [4.78, 5) is 4.17. The van der Waals surface area contributed by atoms with Crippen LogP contribution in [-0.4, -0.2) is 32.2 Å². The topological polar surface area (TPSA) is 42.9 Å². The lowest BCUT2D eigenvalue weighted by atomic mass is 10.4.